The van der Waals surface area contributed by atoms with Crippen LogP contribution < -0.4 is 10.6 Å². The lowest BCUT2D eigenvalue weighted by Gasteiger charge is -2.33. The summed E-state index contributed by atoms with van der Waals surface area (Å²) < 4.78 is 46.5. The molecule has 2 atom stereocenters. The lowest BCUT2D eigenvalue weighted by atomic mass is 9.97. The summed E-state index contributed by atoms with van der Waals surface area (Å²) in [4.78, 5) is 12.1. The van der Waals surface area contributed by atoms with E-state index < -0.39 is 24.2 Å². The van der Waals surface area contributed by atoms with Crippen molar-refractivity contribution in [3.8, 4) is 0 Å². The third-order valence-corrected chi connectivity index (χ3v) is 4.54. The number of nitrogens with zero attached hydrogens (tertiary/aromatic N) is 2. The van der Waals surface area contributed by atoms with Crippen LogP contribution >= 0.6 is 11.6 Å². The Kier molecular flexibility index (Phi) is 5.61. The van der Waals surface area contributed by atoms with Gasteiger partial charge in [-0.15, -0.1) is 0 Å². The summed E-state index contributed by atoms with van der Waals surface area (Å²) in [5.74, 6) is -0.417. The summed E-state index contributed by atoms with van der Waals surface area (Å²) in [7, 11) is 1.48. The average Bonchev–Trinajstić information content (AvgIpc) is 3.05. The molecule has 10 heteroatoms. The summed E-state index contributed by atoms with van der Waals surface area (Å²) in [6.45, 7) is 0.530. The first-order valence-corrected chi connectivity index (χ1v) is 8.63. The molecule has 6 nitrogen and oxygen atoms in total. The van der Waals surface area contributed by atoms with Crippen molar-refractivity contribution in [3.05, 3.63) is 46.6 Å². The standard InChI is InChI=1S/C17H18ClF3N4O2/c1-27-7-6-22-16(26)13-9-15-23-12(10-2-4-11(18)5-3-10)8-14(17(19,20)21)25(15)24-13/h2-5,9,12,14,23H,6-8H2,1H3,(H,22,26)/t12-,14-/m0/s1. The van der Waals surface area contributed by atoms with Gasteiger partial charge in [0.1, 0.15) is 5.82 Å². The largest absolute Gasteiger partial charge is 0.410 e. The molecule has 0 unspecified atom stereocenters. The fourth-order valence-electron chi connectivity index (χ4n) is 2.96. The zero-order valence-corrected chi connectivity index (χ0v) is 15.1. The zero-order valence-electron chi connectivity index (χ0n) is 14.4. The number of hydrogen-bond donors (Lipinski definition) is 2. The van der Waals surface area contributed by atoms with E-state index in [1.165, 1.54) is 13.2 Å². The summed E-state index contributed by atoms with van der Waals surface area (Å²) in [5.41, 5.74) is 0.590. The summed E-state index contributed by atoms with van der Waals surface area (Å²) in [6, 6.07) is 5.51. The molecule has 0 bridgehead atoms. The van der Waals surface area contributed by atoms with Gasteiger partial charge in [-0.3, -0.25) is 4.79 Å². The Morgan fingerprint density at radius 2 is 2.11 bits per heavy atom. The van der Waals surface area contributed by atoms with Crippen LogP contribution in [0.3, 0.4) is 0 Å². The summed E-state index contributed by atoms with van der Waals surface area (Å²) in [5, 5.41) is 9.96. The van der Waals surface area contributed by atoms with Crippen LogP contribution in [0.2, 0.25) is 5.02 Å². The highest BCUT2D eigenvalue weighted by atomic mass is 35.5. The van der Waals surface area contributed by atoms with Crippen LogP contribution in [0, 0.1) is 0 Å². The number of aromatic nitrogens is 2. The highest BCUT2D eigenvalue weighted by Crippen LogP contribution is 2.43. The minimum Gasteiger partial charge on any atom is -0.383 e. The number of carbonyl (C=O) groups is 1. The van der Waals surface area contributed by atoms with Crippen LogP contribution in [0.1, 0.15) is 34.6 Å². The van der Waals surface area contributed by atoms with E-state index in [-0.39, 0.29) is 24.5 Å². The van der Waals surface area contributed by atoms with Crippen LogP contribution in [-0.4, -0.2) is 42.1 Å². The molecule has 0 saturated carbocycles. The second-order valence-electron chi connectivity index (χ2n) is 6.15. The van der Waals surface area contributed by atoms with Gasteiger partial charge in [-0.25, -0.2) is 4.68 Å². The first kappa shape index (κ1) is 19.5. The predicted octanol–water partition coefficient (Wildman–Crippen LogP) is 3.57. The molecule has 1 aliphatic heterocycles. The van der Waals surface area contributed by atoms with E-state index in [4.69, 9.17) is 16.3 Å². The third-order valence-electron chi connectivity index (χ3n) is 4.29. The van der Waals surface area contributed by atoms with E-state index in [0.29, 0.717) is 17.2 Å². The molecule has 0 saturated heterocycles. The molecule has 2 N–H and O–H groups in total. The van der Waals surface area contributed by atoms with Gasteiger partial charge < -0.3 is 15.4 Å². The zero-order chi connectivity index (χ0) is 19.6. The number of halogens is 4. The highest BCUT2D eigenvalue weighted by molar-refractivity contribution is 6.30. The van der Waals surface area contributed by atoms with Gasteiger partial charge in [-0.1, -0.05) is 23.7 Å². The van der Waals surface area contributed by atoms with Crippen LogP contribution in [0.25, 0.3) is 0 Å². The molecule has 0 fully saturated rings. The summed E-state index contributed by atoms with van der Waals surface area (Å²) in [6.07, 6.45) is -4.75. The maximum atomic E-state index is 13.6. The molecule has 1 aliphatic rings. The Balaban J connectivity index is 1.88. The number of hydrogen-bond acceptors (Lipinski definition) is 4. The maximum absolute atomic E-state index is 13.6. The topological polar surface area (TPSA) is 68.2 Å². The van der Waals surface area contributed by atoms with Crippen LogP contribution in [0.5, 0.6) is 0 Å². The molecule has 1 amide bonds. The minimum absolute atomic E-state index is 0.0837. The first-order valence-electron chi connectivity index (χ1n) is 8.25. The highest BCUT2D eigenvalue weighted by Gasteiger charge is 2.46. The Bertz CT molecular complexity index is 808. The average molecular weight is 403 g/mol. The van der Waals surface area contributed by atoms with Gasteiger partial charge in [-0.05, 0) is 17.7 Å². The number of anilines is 1. The molecular formula is C17H18ClF3N4O2. The maximum Gasteiger partial charge on any atom is 0.410 e. The lowest BCUT2D eigenvalue weighted by Crippen LogP contribution is -2.35. The van der Waals surface area contributed by atoms with E-state index in [9.17, 15) is 18.0 Å². The van der Waals surface area contributed by atoms with Gasteiger partial charge in [0.25, 0.3) is 5.91 Å². The van der Waals surface area contributed by atoms with Crippen LogP contribution in [0.15, 0.2) is 30.3 Å². The molecule has 27 heavy (non-hydrogen) atoms. The molecular weight excluding hydrogens is 385 g/mol. The number of methoxy groups -OCH3 is 1. The third kappa shape index (κ3) is 4.36. The van der Waals surface area contributed by atoms with E-state index in [1.54, 1.807) is 24.3 Å². The Morgan fingerprint density at radius 3 is 2.74 bits per heavy atom. The molecule has 0 radical (unpaired) electrons. The number of fused-ring (bicyclic) bond motifs is 1. The second kappa shape index (κ2) is 7.77. The SMILES string of the molecule is COCCNC(=O)c1cc2n(n1)[C@H](C(F)(F)F)C[C@@H](c1ccc(Cl)cc1)N2. The van der Waals surface area contributed by atoms with Crippen molar-refractivity contribution in [2.24, 2.45) is 0 Å². The molecule has 146 valence electrons. The van der Waals surface area contributed by atoms with Crippen molar-refractivity contribution < 1.29 is 22.7 Å². The predicted molar refractivity (Wildman–Crippen MR) is 94.0 cm³/mol. The smallest absolute Gasteiger partial charge is 0.383 e. The van der Waals surface area contributed by atoms with Gasteiger partial charge in [0.05, 0.1) is 12.6 Å². The van der Waals surface area contributed by atoms with E-state index >= 15 is 0 Å². The fraction of sp³-hybridized carbons (Fsp3) is 0.412. The number of benzene rings is 1. The number of rotatable bonds is 5. The second-order valence-corrected chi connectivity index (χ2v) is 6.59. The van der Waals surface area contributed by atoms with E-state index in [0.717, 1.165) is 4.68 Å². The van der Waals surface area contributed by atoms with Crippen molar-refractivity contribution in [1.82, 2.24) is 15.1 Å². The number of amides is 1. The minimum atomic E-state index is -4.50. The molecule has 2 aromatic rings. The Hall–Kier alpha value is -2.26. The lowest BCUT2D eigenvalue weighted by molar-refractivity contribution is -0.173. The molecule has 3 rings (SSSR count). The molecule has 0 spiro atoms. The monoisotopic (exact) mass is 402 g/mol. The quantitative estimate of drug-likeness (QED) is 0.750. The van der Waals surface area contributed by atoms with Crippen molar-refractivity contribution in [1.29, 1.82) is 0 Å². The van der Waals surface area contributed by atoms with Gasteiger partial charge in [0, 0.05) is 31.2 Å². The first-order chi connectivity index (χ1) is 12.8. The van der Waals surface area contributed by atoms with Crippen LogP contribution in [-0.2, 0) is 4.74 Å². The summed E-state index contributed by atoms with van der Waals surface area (Å²) >= 11 is 5.86. The normalized spacial score (nSPS) is 19.3. The number of carbonyl (C=O) groups excluding carboxylic acids is 1. The van der Waals surface area contributed by atoms with Gasteiger partial charge in [0.2, 0.25) is 0 Å². The number of nitrogens with one attached hydrogen (secondary N) is 2. The van der Waals surface area contributed by atoms with Crippen molar-refractivity contribution >= 4 is 23.3 Å². The van der Waals surface area contributed by atoms with Gasteiger partial charge >= 0.3 is 6.18 Å². The van der Waals surface area contributed by atoms with Crippen molar-refractivity contribution in [3.63, 3.8) is 0 Å². The molecule has 2 heterocycles. The number of alkyl halides is 3. The molecule has 1 aromatic carbocycles. The van der Waals surface area contributed by atoms with Gasteiger partial charge in [-0.2, -0.15) is 18.3 Å². The molecule has 1 aromatic heterocycles. The van der Waals surface area contributed by atoms with E-state index in [2.05, 4.69) is 15.7 Å². The van der Waals surface area contributed by atoms with Gasteiger partial charge in [0.15, 0.2) is 11.7 Å². The molecule has 0 aliphatic carbocycles. The van der Waals surface area contributed by atoms with E-state index in [1.807, 2.05) is 0 Å². The number of ether oxygens (including phenoxy) is 1. The fourth-order valence-corrected chi connectivity index (χ4v) is 3.08. The Labute approximate surface area is 158 Å². The Morgan fingerprint density at radius 1 is 1.41 bits per heavy atom. The van der Waals surface area contributed by atoms with Crippen molar-refractivity contribution in [2.45, 2.75) is 24.7 Å². The van der Waals surface area contributed by atoms with Crippen LogP contribution in [0.4, 0.5) is 19.0 Å². The van der Waals surface area contributed by atoms with Crippen molar-refractivity contribution in [2.75, 3.05) is 25.6 Å².